The number of carbonyl (C=O) groups is 1. The zero-order valence-corrected chi connectivity index (χ0v) is 15.0. The molecule has 1 aromatic rings. The molecule has 0 spiro atoms. The SMILES string of the molecule is CCS(=O)(=O)N1CCC(NC(=O)Nc2ccc(Cl)cc2Cl)CC1. The van der Waals surface area contributed by atoms with Crippen LogP contribution in [0.5, 0.6) is 0 Å². The summed E-state index contributed by atoms with van der Waals surface area (Å²) in [6.45, 7) is 2.47. The predicted octanol–water partition coefficient (Wildman–Crippen LogP) is 2.93. The number of anilines is 1. The highest BCUT2D eigenvalue weighted by Gasteiger charge is 2.27. The van der Waals surface area contributed by atoms with E-state index in [-0.39, 0.29) is 17.8 Å². The van der Waals surface area contributed by atoms with Gasteiger partial charge in [0.2, 0.25) is 10.0 Å². The third-order valence-corrected chi connectivity index (χ3v) is 6.16. The van der Waals surface area contributed by atoms with Gasteiger partial charge in [-0.05, 0) is 38.0 Å². The molecular weight excluding hydrogens is 361 g/mol. The van der Waals surface area contributed by atoms with Gasteiger partial charge in [0.25, 0.3) is 0 Å². The Labute approximate surface area is 146 Å². The second-order valence-electron chi connectivity index (χ2n) is 5.30. The lowest BCUT2D eigenvalue weighted by Gasteiger charge is -2.31. The van der Waals surface area contributed by atoms with Gasteiger partial charge in [0.1, 0.15) is 0 Å². The second kappa shape index (κ2) is 7.70. The largest absolute Gasteiger partial charge is 0.335 e. The molecule has 0 unspecified atom stereocenters. The maximum atomic E-state index is 12.0. The van der Waals surface area contributed by atoms with Crippen LogP contribution in [0.15, 0.2) is 18.2 Å². The van der Waals surface area contributed by atoms with Gasteiger partial charge < -0.3 is 10.6 Å². The summed E-state index contributed by atoms with van der Waals surface area (Å²) < 4.78 is 25.1. The number of nitrogens with zero attached hydrogens (tertiary/aromatic N) is 1. The normalized spacial score (nSPS) is 17.0. The number of sulfonamides is 1. The number of urea groups is 1. The molecule has 9 heteroatoms. The van der Waals surface area contributed by atoms with Gasteiger partial charge >= 0.3 is 6.03 Å². The highest BCUT2D eigenvalue weighted by atomic mass is 35.5. The van der Waals surface area contributed by atoms with Crippen molar-refractivity contribution >= 4 is 44.9 Å². The number of hydrogen-bond acceptors (Lipinski definition) is 3. The summed E-state index contributed by atoms with van der Waals surface area (Å²) in [5.74, 6) is 0.0979. The van der Waals surface area contributed by atoms with Crippen molar-refractivity contribution in [3.63, 3.8) is 0 Å². The fourth-order valence-corrected chi connectivity index (χ4v) is 3.98. The molecule has 1 heterocycles. The van der Waals surface area contributed by atoms with E-state index in [1.807, 2.05) is 0 Å². The van der Waals surface area contributed by atoms with Crippen LogP contribution in [0.4, 0.5) is 10.5 Å². The van der Waals surface area contributed by atoms with Crippen LogP contribution in [-0.2, 0) is 10.0 Å². The van der Waals surface area contributed by atoms with Gasteiger partial charge in [-0.25, -0.2) is 17.5 Å². The lowest BCUT2D eigenvalue weighted by Crippen LogP contribution is -2.47. The first kappa shape index (κ1) is 18.3. The van der Waals surface area contributed by atoms with Crippen LogP contribution in [0.25, 0.3) is 0 Å². The van der Waals surface area contributed by atoms with Crippen LogP contribution < -0.4 is 10.6 Å². The maximum Gasteiger partial charge on any atom is 0.319 e. The Kier molecular flexibility index (Phi) is 6.13. The number of piperidine rings is 1. The molecule has 128 valence electrons. The number of rotatable bonds is 4. The van der Waals surface area contributed by atoms with Gasteiger partial charge in [0, 0.05) is 24.2 Å². The smallest absolute Gasteiger partial charge is 0.319 e. The molecule has 0 aromatic heterocycles. The summed E-state index contributed by atoms with van der Waals surface area (Å²) in [6, 6.07) is 4.38. The standard InChI is InChI=1S/C14H19Cl2N3O3S/c1-2-23(21,22)19-7-5-11(6-8-19)17-14(20)18-13-4-3-10(15)9-12(13)16/h3-4,9,11H,2,5-8H2,1H3,(H2,17,18,20). The molecule has 23 heavy (non-hydrogen) atoms. The van der Waals surface area contributed by atoms with Crippen molar-refractivity contribution in [1.29, 1.82) is 0 Å². The number of halogens is 2. The van der Waals surface area contributed by atoms with Gasteiger partial charge in [0.05, 0.1) is 16.5 Å². The third-order valence-electron chi connectivity index (χ3n) is 3.73. The lowest BCUT2D eigenvalue weighted by atomic mass is 10.1. The molecule has 0 radical (unpaired) electrons. The van der Waals surface area contributed by atoms with E-state index < -0.39 is 10.0 Å². The van der Waals surface area contributed by atoms with Crippen LogP contribution in [0.3, 0.4) is 0 Å². The Balaban J connectivity index is 1.85. The average molecular weight is 380 g/mol. The Morgan fingerprint density at radius 3 is 2.52 bits per heavy atom. The van der Waals surface area contributed by atoms with Gasteiger partial charge in [-0.2, -0.15) is 0 Å². The van der Waals surface area contributed by atoms with E-state index in [0.29, 0.717) is 41.7 Å². The number of hydrogen-bond donors (Lipinski definition) is 2. The maximum absolute atomic E-state index is 12.0. The molecule has 0 saturated carbocycles. The van der Waals surface area contributed by atoms with Crippen molar-refractivity contribution in [2.45, 2.75) is 25.8 Å². The fraction of sp³-hybridized carbons (Fsp3) is 0.500. The summed E-state index contributed by atoms with van der Waals surface area (Å²) in [4.78, 5) is 12.0. The summed E-state index contributed by atoms with van der Waals surface area (Å²) in [6.07, 6.45) is 1.17. The summed E-state index contributed by atoms with van der Waals surface area (Å²) in [5, 5.41) is 6.35. The quantitative estimate of drug-likeness (QED) is 0.843. The second-order valence-corrected chi connectivity index (χ2v) is 8.40. The number of carbonyl (C=O) groups excluding carboxylic acids is 1. The first-order valence-corrected chi connectivity index (χ1v) is 9.68. The molecule has 6 nitrogen and oxygen atoms in total. The van der Waals surface area contributed by atoms with E-state index in [1.165, 1.54) is 4.31 Å². The van der Waals surface area contributed by atoms with Gasteiger partial charge in [-0.15, -0.1) is 0 Å². The number of nitrogens with one attached hydrogen (secondary N) is 2. The molecule has 2 rings (SSSR count). The van der Waals surface area contributed by atoms with Crippen molar-refractivity contribution in [3.8, 4) is 0 Å². The minimum absolute atomic E-state index is 0.0654. The minimum atomic E-state index is -3.16. The van der Waals surface area contributed by atoms with Gasteiger partial charge in [-0.3, -0.25) is 0 Å². The zero-order valence-electron chi connectivity index (χ0n) is 12.7. The van der Waals surface area contributed by atoms with E-state index in [0.717, 1.165) is 0 Å². The van der Waals surface area contributed by atoms with Crippen LogP contribution >= 0.6 is 23.2 Å². The first-order chi connectivity index (χ1) is 10.8. The van der Waals surface area contributed by atoms with Crippen LogP contribution in [0.2, 0.25) is 10.0 Å². The zero-order chi connectivity index (χ0) is 17.0. The minimum Gasteiger partial charge on any atom is -0.335 e. The van der Waals surface area contributed by atoms with E-state index in [1.54, 1.807) is 25.1 Å². The fourth-order valence-electron chi connectivity index (χ4n) is 2.40. The van der Waals surface area contributed by atoms with E-state index >= 15 is 0 Å². The Hall–Kier alpha value is -1.02. The Bertz CT molecular complexity index is 674. The van der Waals surface area contributed by atoms with E-state index in [9.17, 15) is 13.2 Å². The van der Waals surface area contributed by atoms with Crippen LogP contribution in [0, 0.1) is 0 Å². The van der Waals surface area contributed by atoms with Crippen LogP contribution in [-0.4, -0.2) is 43.6 Å². The molecule has 2 N–H and O–H groups in total. The molecule has 1 aromatic carbocycles. The van der Waals surface area contributed by atoms with Gasteiger partial charge in [-0.1, -0.05) is 23.2 Å². The number of benzene rings is 1. The van der Waals surface area contributed by atoms with Crippen molar-refractivity contribution in [2.75, 3.05) is 24.2 Å². The molecule has 1 saturated heterocycles. The van der Waals surface area contributed by atoms with Crippen LogP contribution in [0.1, 0.15) is 19.8 Å². The van der Waals surface area contributed by atoms with Crippen molar-refractivity contribution in [1.82, 2.24) is 9.62 Å². The summed E-state index contributed by atoms with van der Waals surface area (Å²) in [5.41, 5.74) is 0.472. The highest BCUT2D eigenvalue weighted by Crippen LogP contribution is 2.25. The predicted molar refractivity (Wildman–Crippen MR) is 92.7 cm³/mol. The molecule has 1 aliphatic rings. The number of amides is 2. The Morgan fingerprint density at radius 1 is 1.30 bits per heavy atom. The average Bonchev–Trinajstić information content (AvgIpc) is 2.50. The molecule has 0 aliphatic carbocycles. The summed E-state index contributed by atoms with van der Waals surface area (Å²) >= 11 is 11.8. The third kappa shape index (κ3) is 4.97. The molecule has 0 atom stereocenters. The lowest BCUT2D eigenvalue weighted by molar-refractivity contribution is 0.238. The van der Waals surface area contributed by atoms with Crippen molar-refractivity contribution < 1.29 is 13.2 Å². The van der Waals surface area contributed by atoms with Crippen molar-refractivity contribution in [3.05, 3.63) is 28.2 Å². The van der Waals surface area contributed by atoms with Gasteiger partial charge in [0.15, 0.2) is 0 Å². The first-order valence-electron chi connectivity index (χ1n) is 7.32. The highest BCUT2D eigenvalue weighted by molar-refractivity contribution is 7.89. The van der Waals surface area contributed by atoms with E-state index in [4.69, 9.17) is 23.2 Å². The molecule has 0 bridgehead atoms. The topological polar surface area (TPSA) is 78.5 Å². The molecule has 1 fully saturated rings. The monoisotopic (exact) mass is 379 g/mol. The van der Waals surface area contributed by atoms with Crippen molar-refractivity contribution in [2.24, 2.45) is 0 Å². The molecule has 1 aliphatic heterocycles. The summed E-state index contributed by atoms with van der Waals surface area (Å²) in [7, 11) is -3.16. The molecular formula is C14H19Cl2N3O3S. The molecule has 2 amide bonds. The van der Waals surface area contributed by atoms with E-state index in [2.05, 4.69) is 10.6 Å². The Morgan fingerprint density at radius 2 is 1.96 bits per heavy atom.